The molecule has 118 valence electrons. The molecule has 0 aliphatic heterocycles. The molecule has 1 aromatic rings. The number of aliphatic hydroxyl groups excluding tert-OH is 2. The molecule has 0 aliphatic carbocycles. The van der Waals surface area contributed by atoms with Gasteiger partial charge in [-0.1, -0.05) is 13.3 Å². The third kappa shape index (κ3) is 5.24. The molecular weight excluding hydrogens is 274 g/mol. The molecule has 0 heterocycles. The molecule has 0 amide bonds. The van der Waals surface area contributed by atoms with Gasteiger partial charge in [0.15, 0.2) is 0 Å². The zero-order valence-corrected chi connectivity index (χ0v) is 12.5. The van der Waals surface area contributed by atoms with Gasteiger partial charge in [0.2, 0.25) is 0 Å². The number of methoxy groups -OCH3 is 1. The third-order valence-corrected chi connectivity index (χ3v) is 2.96. The van der Waals surface area contributed by atoms with Crippen molar-refractivity contribution in [3.05, 3.63) is 23.8 Å². The van der Waals surface area contributed by atoms with Crippen LogP contribution in [0.3, 0.4) is 0 Å². The largest absolute Gasteiger partial charge is 0.494 e. The van der Waals surface area contributed by atoms with E-state index in [-0.39, 0.29) is 13.2 Å². The highest BCUT2D eigenvalue weighted by Gasteiger charge is 2.16. The van der Waals surface area contributed by atoms with E-state index in [1.807, 2.05) is 0 Å². The van der Waals surface area contributed by atoms with Gasteiger partial charge in [-0.15, -0.1) is 0 Å². The fourth-order valence-corrected chi connectivity index (χ4v) is 1.72. The smallest absolute Gasteiger partial charge is 0.340 e. The van der Waals surface area contributed by atoms with Crippen molar-refractivity contribution in [2.45, 2.75) is 25.8 Å². The Hall–Kier alpha value is -1.79. The van der Waals surface area contributed by atoms with Crippen molar-refractivity contribution in [2.75, 3.05) is 32.2 Å². The van der Waals surface area contributed by atoms with E-state index in [9.17, 15) is 4.79 Å². The van der Waals surface area contributed by atoms with Crippen LogP contribution in [0.25, 0.3) is 0 Å². The number of benzene rings is 1. The molecule has 0 unspecified atom stereocenters. The summed E-state index contributed by atoms with van der Waals surface area (Å²) in [7, 11) is 1.30. The molecule has 0 radical (unpaired) electrons. The second-order valence-corrected chi connectivity index (χ2v) is 4.61. The van der Waals surface area contributed by atoms with Crippen LogP contribution in [-0.2, 0) is 4.74 Å². The summed E-state index contributed by atoms with van der Waals surface area (Å²) < 4.78 is 10.3. The fraction of sp³-hybridized carbons (Fsp3) is 0.533. The van der Waals surface area contributed by atoms with Gasteiger partial charge in [-0.05, 0) is 24.6 Å². The van der Waals surface area contributed by atoms with E-state index in [0.717, 1.165) is 12.8 Å². The lowest BCUT2D eigenvalue weighted by Crippen LogP contribution is -2.28. The van der Waals surface area contributed by atoms with Crippen LogP contribution in [0.15, 0.2) is 18.2 Å². The topological polar surface area (TPSA) is 88.0 Å². The quantitative estimate of drug-likeness (QED) is 0.472. The van der Waals surface area contributed by atoms with Gasteiger partial charge in [0.1, 0.15) is 5.75 Å². The zero-order valence-electron chi connectivity index (χ0n) is 12.5. The van der Waals surface area contributed by atoms with Crippen molar-refractivity contribution in [2.24, 2.45) is 0 Å². The number of hydrogen-bond acceptors (Lipinski definition) is 6. The Morgan fingerprint density at radius 3 is 2.62 bits per heavy atom. The number of rotatable bonds is 9. The Labute approximate surface area is 124 Å². The van der Waals surface area contributed by atoms with Gasteiger partial charge in [0.25, 0.3) is 0 Å². The molecule has 6 heteroatoms. The van der Waals surface area contributed by atoms with Crippen molar-refractivity contribution >= 4 is 11.7 Å². The minimum atomic E-state index is -0.541. The maximum absolute atomic E-state index is 11.8. The molecule has 3 N–H and O–H groups in total. The third-order valence-electron chi connectivity index (χ3n) is 2.96. The Morgan fingerprint density at radius 1 is 1.33 bits per heavy atom. The molecule has 21 heavy (non-hydrogen) atoms. The Kier molecular flexibility index (Phi) is 7.56. The monoisotopic (exact) mass is 297 g/mol. The van der Waals surface area contributed by atoms with E-state index in [0.29, 0.717) is 23.6 Å². The molecule has 0 atom stereocenters. The van der Waals surface area contributed by atoms with Crippen LogP contribution < -0.4 is 10.1 Å². The summed E-state index contributed by atoms with van der Waals surface area (Å²) in [4.78, 5) is 11.8. The van der Waals surface area contributed by atoms with Crippen LogP contribution in [0.2, 0.25) is 0 Å². The first-order valence-corrected chi connectivity index (χ1v) is 6.99. The van der Waals surface area contributed by atoms with Gasteiger partial charge >= 0.3 is 5.97 Å². The van der Waals surface area contributed by atoms with Crippen molar-refractivity contribution < 1.29 is 24.5 Å². The van der Waals surface area contributed by atoms with Crippen molar-refractivity contribution in [1.29, 1.82) is 0 Å². The number of carbonyl (C=O) groups excluding carboxylic acids is 1. The number of carbonyl (C=O) groups is 1. The van der Waals surface area contributed by atoms with Gasteiger partial charge in [0.05, 0.1) is 38.5 Å². The number of aliphatic hydroxyl groups is 2. The first-order valence-electron chi connectivity index (χ1n) is 6.99. The van der Waals surface area contributed by atoms with E-state index in [1.165, 1.54) is 7.11 Å². The number of esters is 1. The minimum absolute atomic E-state index is 0.244. The number of unbranched alkanes of at least 4 members (excludes halogenated alkanes) is 1. The van der Waals surface area contributed by atoms with Crippen LogP contribution in [-0.4, -0.2) is 49.2 Å². The Balaban J connectivity index is 2.93. The summed E-state index contributed by atoms with van der Waals surface area (Å²) in [6.07, 6.45) is 1.96. The summed E-state index contributed by atoms with van der Waals surface area (Å²) in [6, 6.07) is 4.46. The normalized spacial score (nSPS) is 10.5. The molecule has 0 spiro atoms. The lowest BCUT2D eigenvalue weighted by molar-refractivity contribution is 0.0601. The summed E-state index contributed by atoms with van der Waals surface area (Å²) in [6.45, 7) is 2.16. The molecule has 6 nitrogen and oxygen atoms in total. The number of hydrogen-bond donors (Lipinski definition) is 3. The van der Waals surface area contributed by atoms with E-state index >= 15 is 0 Å². The predicted octanol–water partition coefficient (Wildman–Crippen LogP) is 1.42. The first-order chi connectivity index (χ1) is 10.2. The molecule has 0 bridgehead atoms. The van der Waals surface area contributed by atoms with Gasteiger partial charge in [-0.25, -0.2) is 4.79 Å². The minimum Gasteiger partial charge on any atom is -0.494 e. The summed E-state index contributed by atoms with van der Waals surface area (Å²) in [5, 5.41) is 21.1. The lowest BCUT2D eigenvalue weighted by atomic mass is 10.1. The average molecular weight is 297 g/mol. The van der Waals surface area contributed by atoms with Crippen LogP contribution >= 0.6 is 0 Å². The summed E-state index contributed by atoms with van der Waals surface area (Å²) >= 11 is 0. The average Bonchev–Trinajstić information content (AvgIpc) is 2.52. The molecule has 0 aromatic heterocycles. The van der Waals surface area contributed by atoms with Crippen LogP contribution in [0, 0.1) is 0 Å². The molecule has 0 fully saturated rings. The van der Waals surface area contributed by atoms with E-state index in [4.69, 9.17) is 19.7 Å². The van der Waals surface area contributed by atoms with E-state index in [2.05, 4.69) is 12.2 Å². The first kappa shape index (κ1) is 17.3. The van der Waals surface area contributed by atoms with Gasteiger partial charge in [-0.2, -0.15) is 0 Å². The highest BCUT2D eigenvalue weighted by Crippen LogP contribution is 2.24. The highest BCUT2D eigenvalue weighted by molar-refractivity contribution is 5.96. The number of ether oxygens (including phenoxy) is 2. The highest BCUT2D eigenvalue weighted by atomic mass is 16.5. The van der Waals surface area contributed by atoms with E-state index in [1.54, 1.807) is 18.2 Å². The standard InChI is InChI=1S/C15H23NO5/c1-3-4-7-21-12-5-6-14(16-11(9-17)10-18)13(8-12)15(19)20-2/h5-6,8,11,16-18H,3-4,7,9-10H2,1-2H3. The Morgan fingerprint density at radius 2 is 2.05 bits per heavy atom. The molecular formula is C15H23NO5. The van der Waals surface area contributed by atoms with Gasteiger partial charge in [-0.3, -0.25) is 0 Å². The SMILES string of the molecule is CCCCOc1ccc(NC(CO)CO)c(C(=O)OC)c1. The van der Waals surface area contributed by atoms with Crippen molar-refractivity contribution in [3.63, 3.8) is 0 Å². The predicted molar refractivity (Wildman–Crippen MR) is 79.8 cm³/mol. The number of anilines is 1. The molecule has 0 saturated heterocycles. The molecule has 0 aliphatic rings. The summed E-state index contributed by atoms with van der Waals surface area (Å²) in [5.74, 6) is 0.0759. The molecule has 1 rings (SSSR count). The van der Waals surface area contributed by atoms with Crippen LogP contribution in [0.1, 0.15) is 30.1 Å². The van der Waals surface area contributed by atoms with E-state index < -0.39 is 12.0 Å². The fourth-order valence-electron chi connectivity index (χ4n) is 1.72. The van der Waals surface area contributed by atoms with Gasteiger partial charge in [0, 0.05) is 5.69 Å². The lowest BCUT2D eigenvalue weighted by Gasteiger charge is -2.18. The summed E-state index contributed by atoms with van der Waals surface area (Å²) in [5.41, 5.74) is 0.788. The zero-order chi connectivity index (χ0) is 15.7. The molecule has 1 aromatic carbocycles. The second-order valence-electron chi connectivity index (χ2n) is 4.61. The van der Waals surface area contributed by atoms with Crippen LogP contribution in [0.5, 0.6) is 5.75 Å². The van der Waals surface area contributed by atoms with Crippen LogP contribution in [0.4, 0.5) is 5.69 Å². The maximum Gasteiger partial charge on any atom is 0.340 e. The van der Waals surface area contributed by atoms with Gasteiger partial charge < -0.3 is 25.0 Å². The second kappa shape index (κ2) is 9.20. The number of nitrogens with one attached hydrogen (secondary N) is 1. The Bertz CT molecular complexity index is 446. The van der Waals surface area contributed by atoms with Crippen molar-refractivity contribution in [3.8, 4) is 5.75 Å². The molecule has 0 saturated carbocycles. The van der Waals surface area contributed by atoms with Crippen molar-refractivity contribution in [1.82, 2.24) is 0 Å². The maximum atomic E-state index is 11.8.